The molecule has 8 nitrogen and oxygen atoms in total. The third-order valence-corrected chi connectivity index (χ3v) is 6.52. The van der Waals surface area contributed by atoms with Crippen molar-refractivity contribution in [3.05, 3.63) is 35.4 Å². The second kappa shape index (κ2) is 10.5. The number of benzene rings is 1. The molecular weight excluding hydrogens is 425 g/mol. The number of amides is 1. The first-order valence-corrected chi connectivity index (χ1v) is 12.0. The molecular formula is C24H34FN5O3. The second-order valence-electron chi connectivity index (χ2n) is 9.24. The number of likely N-dealkylation sites (tertiary alicyclic amines) is 1. The lowest BCUT2D eigenvalue weighted by Crippen LogP contribution is -2.50. The van der Waals surface area contributed by atoms with Gasteiger partial charge >= 0.3 is 6.01 Å². The van der Waals surface area contributed by atoms with Gasteiger partial charge in [0.05, 0.1) is 12.2 Å². The van der Waals surface area contributed by atoms with Crippen LogP contribution in [-0.4, -0.2) is 77.8 Å². The molecule has 0 bridgehead atoms. The molecule has 0 aliphatic carbocycles. The summed E-state index contributed by atoms with van der Waals surface area (Å²) < 4.78 is 25.7. The topological polar surface area (TPSA) is 74.9 Å². The molecule has 3 heterocycles. The summed E-state index contributed by atoms with van der Waals surface area (Å²) in [6.45, 7) is 11.7. The van der Waals surface area contributed by atoms with Gasteiger partial charge in [-0.25, -0.2) is 4.39 Å². The van der Waals surface area contributed by atoms with E-state index in [-0.39, 0.29) is 17.4 Å². The SMILES string of the molecule is CC(C)c1noc(N2CCN(C(C)CCOc3ccc(C(=O)N4CCCC4)c(F)c3)CC2)n1. The number of halogens is 1. The van der Waals surface area contributed by atoms with Gasteiger partial charge in [-0.15, -0.1) is 0 Å². The van der Waals surface area contributed by atoms with Crippen LogP contribution >= 0.6 is 0 Å². The molecule has 0 saturated carbocycles. The number of rotatable bonds is 8. The van der Waals surface area contributed by atoms with Crippen LogP contribution in [0.15, 0.2) is 22.7 Å². The Morgan fingerprint density at radius 1 is 1.12 bits per heavy atom. The van der Waals surface area contributed by atoms with Crippen molar-refractivity contribution >= 4 is 11.9 Å². The first-order chi connectivity index (χ1) is 15.9. The number of hydrogen-bond acceptors (Lipinski definition) is 7. The maximum atomic E-state index is 14.5. The number of ether oxygens (including phenoxy) is 1. The molecule has 180 valence electrons. The van der Waals surface area contributed by atoms with Crippen LogP contribution in [0.25, 0.3) is 0 Å². The zero-order valence-electron chi connectivity index (χ0n) is 19.8. The minimum Gasteiger partial charge on any atom is -0.493 e. The highest BCUT2D eigenvalue weighted by Crippen LogP contribution is 2.22. The predicted octanol–water partition coefficient (Wildman–Crippen LogP) is 3.55. The van der Waals surface area contributed by atoms with E-state index in [0.29, 0.717) is 37.5 Å². The predicted molar refractivity (Wildman–Crippen MR) is 123 cm³/mol. The van der Waals surface area contributed by atoms with Gasteiger partial charge in [-0.2, -0.15) is 4.98 Å². The summed E-state index contributed by atoms with van der Waals surface area (Å²) in [4.78, 5) is 23.2. The Balaban J connectivity index is 1.21. The highest BCUT2D eigenvalue weighted by atomic mass is 19.1. The average molecular weight is 460 g/mol. The van der Waals surface area contributed by atoms with Gasteiger partial charge in [0.2, 0.25) is 0 Å². The fourth-order valence-electron chi connectivity index (χ4n) is 4.32. The Labute approximate surface area is 194 Å². The third-order valence-electron chi connectivity index (χ3n) is 6.52. The maximum Gasteiger partial charge on any atom is 0.324 e. The second-order valence-corrected chi connectivity index (χ2v) is 9.24. The summed E-state index contributed by atoms with van der Waals surface area (Å²) in [6.07, 6.45) is 2.80. The normalized spacial score (nSPS) is 18.2. The van der Waals surface area contributed by atoms with Crippen LogP contribution in [0.2, 0.25) is 0 Å². The first kappa shape index (κ1) is 23.5. The van der Waals surface area contributed by atoms with Crippen molar-refractivity contribution in [3.8, 4) is 5.75 Å². The third kappa shape index (κ3) is 5.63. The van der Waals surface area contributed by atoms with Crippen molar-refractivity contribution in [1.82, 2.24) is 19.9 Å². The molecule has 1 aromatic carbocycles. The standard InChI is InChI=1S/C24H34FN5O3/c1-17(2)22-26-24(33-27-22)30-13-11-28(12-14-30)18(3)8-15-32-19-6-7-20(21(25)16-19)23(31)29-9-4-5-10-29/h6-7,16-18H,4-5,8-15H2,1-3H3. The van der Waals surface area contributed by atoms with Gasteiger partial charge in [0.25, 0.3) is 5.91 Å². The van der Waals surface area contributed by atoms with Crippen LogP contribution in [-0.2, 0) is 0 Å². The Hall–Kier alpha value is -2.68. The number of anilines is 1. The summed E-state index contributed by atoms with van der Waals surface area (Å²) >= 11 is 0. The number of aromatic nitrogens is 2. The van der Waals surface area contributed by atoms with Crippen LogP contribution in [0.1, 0.15) is 62.1 Å². The number of nitrogens with zero attached hydrogens (tertiary/aromatic N) is 5. The molecule has 2 aromatic rings. The fraction of sp³-hybridized carbons (Fsp3) is 0.625. The molecule has 1 unspecified atom stereocenters. The minimum absolute atomic E-state index is 0.122. The molecule has 0 radical (unpaired) electrons. The molecule has 33 heavy (non-hydrogen) atoms. The highest BCUT2D eigenvalue weighted by Gasteiger charge is 2.25. The first-order valence-electron chi connectivity index (χ1n) is 12.0. The van der Waals surface area contributed by atoms with Crippen molar-refractivity contribution in [2.45, 2.75) is 52.0 Å². The van der Waals surface area contributed by atoms with E-state index in [1.807, 2.05) is 13.8 Å². The molecule has 2 aliphatic rings. The van der Waals surface area contributed by atoms with E-state index in [1.54, 1.807) is 11.0 Å². The maximum absolute atomic E-state index is 14.5. The van der Waals surface area contributed by atoms with Gasteiger partial charge < -0.3 is 19.1 Å². The summed E-state index contributed by atoms with van der Waals surface area (Å²) in [6, 6.07) is 5.48. The summed E-state index contributed by atoms with van der Waals surface area (Å²) in [5.41, 5.74) is 0.122. The van der Waals surface area contributed by atoms with Crippen molar-refractivity contribution in [3.63, 3.8) is 0 Å². The zero-order valence-corrected chi connectivity index (χ0v) is 19.8. The van der Waals surface area contributed by atoms with E-state index >= 15 is 0 Å². The number of hydrogen-bond donors (Lipinski definition) is 0. The van der Waals surface area contributed by atoms with E-state index in [2.05, 4.69) is 26.9 Å². The Kier molecular flexibility index (Phi) is 7.47. The molecule has 2 saturated heterocycles. The molecule has 1 amide bonds. The smallest absolute Gasteiger partial charge is 0.324 e. The number of piperazine rings is 1. The molecule has 0 N–H and O–H groups in total. The van der Waals surface area contributed by atoms with E-state index in [4.69, 9.17) is 9.26 Å². The highest BCUT2D eigenvalue weighted by molar-refractivity contribution is 5.94. The van der Waals surface area contributed by atoms with E-state index in [1.165, 1.54) is 12.1 Å². The Morgan fingerprint density at radius 3 is 2.48 bits per heavy atom. The van der Waals surface area contributed by atoms with Crippen LogP contribution in [0.3, 0.4) is 0 Å². The number of carbonyl (C=O) groups excluding carboxylic acids is 1. The lowest BCUT2D eigenvalue weighted by atomic mass is 10.1. The average Bonchev–Trinajstić information content (AvgIpc) is 3.51. The van der Waals surface area contributed by atoms with Gasteiger partial charge in [0.1, 0.15) is 11.6 Å². The molecule has 1 atom stereocenters. The van der Waals surface area contributed by atoms with Gasteiger partial charge in [-0.3, -0.25) is 9.69 Å². The summed E-state index contributed by atoms with van der Waals surface area (Å²) in [7, 11) is 0. The van der Waals surface area contributed by atoms with Gasteiger partial charge in [0.15, 0.2) is 5.82 Å². The summed E-state index contributed by atoms with van der Waals surface area (Å²) in [5.74, 6) is 0.696. The van der Waals surface area contributed by atoms with Crippen LogP contribution < -0.4 is 9.64 Å². The van der Waals surface area contributed by atoms with E-state index < -0.39 is 5.82 Å². The lowest BCUT2D eigenvalue weighted by molar-refractivity contribution is 0.0788. The Morgan fingerprint density at radius 2 is 1.85 bits per heavy atom. The van der Waals surface area contributed by atoms with Crippen molar-refractivity contribution < 1.29 is 18.4 Å². The molecule has 9 heteroatoms. The quantitative estimate of drug-likeness (QED) is 0.598. The largest absolute Gasteiger partial charge is 0.493 e. The van der Waals surface area contributed by atoms with Crippen molar-refractivity contribution in [1.29, 1.82) is 0 Å². The zero-order chi connectivity index (χ0) is 23.4. The van der Waals surface area contributed by atoms with Gasteiger partial charge in [-0.1, -0.05) is 19.0 Å². The monoisotopic (exact) mass is 459 g/mol. The lowest BCUT2D eigenvalue weighted by Gasteiger charge is -2.37. The van der Waals surface area contributed by atoms with Crippen molar-refractivity contribution in [2.24, 2.45) is 0 Å². The molecule has 0 spiro atoms. The summed E-state index contributed by atoms with van der Waals surface area (Å²) in [5, 5.41) is 4.05. The van der Waals surface area contributed by atoms with Crippen molar-refractivity contribution in [2.75, 3.05) is 50.8 Å². The minimum atomic E-state index is -0.518. The fourth-order valence-corrected chi connectivity index (χ4v) is 4.32. The molecule has 2 aliphatic heterocycles. The van der Waals surface area contributed by atoms with Crippen LogP contribution in [0, 0.1) is 5.82 Å². The molecule has 1 aromatic heterocycles. The molecule has 4 rings (SSSR count). The van der Waals surface area contributed by atoms with Gasteiger partial charge in [0, 0.05) is 57.3 Å². The van der Waals surface area contributed by atoms with Crippen LogP contribution in [0.5, 0.6) is 5.75 Å². The van der Waals surface area contributed by atoms with Crippen LogP contribution in [0.4, 0.5) is 10.4 Å². The Bertz CT molecular complexity index is 936. The van der Waals surface area contributed by atoms with Gasteiger partial charge in [-0.05, 0) is 38.3 Å². The van der Waals surface area contributed by atoms with E-state index in [0.717, 1.165) is 51.3 Å². The molecule has 2 fully saturated rings. The number of carbonyl (C=O) groups is 1. The van der Waals surface area contributed by atoms with E-state index in [9.17, 15) is 9.18 Å².